The summed E-state index contributed by atoms with van der Waals surface area (Å²) in [5.41, 5.74) is 1.10. The lowest BCUT2D eigenvalue weighted by Crippen LogP contribution is -2.49. The molecule has 0 unspecified atom stereocenters. The monoisotopic (exact) mass is 508 g/mol. The van der Waals surface area contributed by atoms with E-state index >= 15 is 0 Å². The number of fused-ring (bicyclic) bond motifs is 1. The van der Waals surface area contributed by atoms with Crippen LogP contribution in [0.3, 0.4) is 0 Å². The Bertz CT molecular complexity index is 1280. The first-order valence-corrected chi connectivity index (χ1v) is 13.2. The molecular formula is C28H33ClN4O3. The summed E-state index contributed by atoms with van der Waals surface area (Å²) < 4.78 is 1.56. The van der Waals surface area contributed by atoms with Crippen molar-refractivity contribution >= 4 is 28.3 Å². The van der Waals surface area contributed by atoms with E-state index in [1.54, 1.807) is 53.1 Å². The SMILES string of the molecule is O=C(O)c1c(CN2CCN(CCN3CCCCC3)CC2)n(-c2ccc(Cl)cc2)c(=O)c2ccccc12. The van der Waals surface area contributed by atoms with Gasteiger partial charge in [0, 0.05) is 67.3 Å². The van der Waals surface area contributed by atoms with Crippen molar-refractivity contribution in [2.75, 3.05) is 52.4 Å². The van der Waals surface area contributed by atoms with Crippen molar-refractivity contribution < 1.29 is 9.90 Å². The largest absolute Gasteiger partial charge is 0.478 e. The molecule has 3 heterocycles. The fourth-order valence-electron chi connectivity index (χ4n) is 5.50. The molecule has 2 saturated heterocycles. The van der Waals surface area contributed by atoms with E-state index in [-0.39, 0.29) is 11.1 Å². The first-order valence-electron chi connectivity index (χ1n) is 12.8. The molecule has 0 atom stereocenters. The molecule has 0 amide bonds. The molecule has 2 fully saturated rings. The van der Waals surface area contributed by atoms with Gasteiger partial charge in [-0.2, -0.15) is 0 Å². The van der Waals surface area contributed by atoms with Gasteiger partial charge in [-0.3, -0.25) is 19.2 Å². The average Bonchev–Trinajstić information content (AvgIpc) is 2.90. The smallest absolute Gasteiger partial charge is 0.338 e. The number of carboxylic acid groups (broad SMARTS) is 1. The number of likely N-dealkylation sites (tertiary alicyclic amines) is 1. The Balaban J connectivity index is 1.42. The van der Waals surface area contributed by atoms with Crippen molar-refractivity contribution in [3.8, 4) is 5.69 Å². The molecule has 5 rings (SSSR count). The zero-order valence-electron chi connectivity index (χ0n) is 20.5. The Kier molecular flexibility index (Phi) is 7.72. The third kappa shape index (κ3) is 5.34. The Morgan fingerprint density at radius 2 is 1.36 bits per heavy atom. The molecule has 0 radical (unpaired) electrons. The number of piperazine rings is 1. The molecule has 0 spiro atoms. The van der Waals surface area contributed by atoms with Crippen LogP contribution in [-0.2, 0) is 6.54 Å². The summed E-state index contributed by atoms with van der Waals surface area (Å²) in [6, 6.07) is 14.0. The number of pyridine rings is 1. The second-order valence-electron chi connectivity index (χ2n) is 9.81. The topological polar surface area (TPSA) is 69.0 Å². The molecular weight excluding hydrogens is 476 g/mol. The predicted molar refractivity (Wildman–Crippen MR) is 144 cm³/mol. The Morgan fingerprint density at radius 3 is 2.00 bits per heavy atom. The fourth-order valence-corrected chi connectivity index (χ4v) is 5.62. The third-order valence-corrected chi connectivity index (χ3v) is 7.76. The van der Waals surface area contributed by atoms with Crippen LogP contribution in [0, 0.1) is 0 Å². The van der Waals surface area contributed by atoms with E-state index in [1.807, 2.05) is 0 Å². The van der Waals surface area contributed by atoms with Crippen LogP contribution in [0.5, 0.6) is 0 Å². The van der Waals surface area contributed by atoms with Gasteiger partial charge < -0.3 is 10.0 Å². The number of rotatable bonds is 7. The van der Waals surface area contributed by atoms with Gasteiger partial charge in [0.05, 0.1) is 11.3 Å². The highest BCUT2D eigenvalue weighted by atomic mass is 35.5. The summed E-state index contributed by atoms with van der Waals surface area (Å²) in [4.78, 5) is 33.5. The lowest BCUT2D eigenvalue weighted by molar-refractivity contribution is 0.0693. The Labute approximate surface area is 216 Å². The van der Waals surface area contributed by atoms with Crippen molar-refractivity contribution in [3.63, 3.8) is 0 Å². The van der Waals surface area contributed by atoms with Gasteiger partial charge in [-0.15, -0.1) is 0 Å². The average molecular weight is 509 g/mol. The van der Waals surface area contributed by atoms with Gasteiger partial charge in [0.25, 0.3) is 5.56 Å². The normalized spacial score (nSPS) is 18.0. The summed E-state index contributed by atoms with van der Waals surface area (Å²) in [6.07, 6.45) is 3.96. The molecule has 190 valence electrons. The van der Waals surface area contributed by atoms with Crippen molar-refractivity contribution in [2.45, 2.75) is 25.8 Å². The van der Waals surface area contributed by atoms with E-state index < -0.39 is 5.97 Å². The molecule has 3 aromatic rings. The van der Waals surface area contributed by atoms with Crippen LogP contribution in [0.2, 0.25) is 5.02 Å². The molecule has 36 heavy (non-hydrogen) atoms. The van der Waals surface area contributed by atoms with E-state index in [0.717, 1.165) is 39.3 Å². The second kappa shape index (κ2) is 11.1. The number of nitrogens with zero attached hydrogens (tertiary/aromatic N) is 4. The van der Waals surface area contributed by atoms with Crippen LogP contribution in [0.15, 0.2) is 53.3 Å². The second-order valence-corrected chi connectivity index (χ2v) is 10.2. The first kappa shape index (κ1) is 25.0. The number of benzene rings is 2. The van der Waals surface area contributed by atoms with Gasteiger partial charge in [0.15, 0.2) is 0 Å². The number of aromatic nitrogens is 1. The minimum atomic E-state index is -1.02. The fraction of sp³-hybridized carbons (Fsp3) is 0.429. The van der Waals surface area contributed by atoms with Gasteiger partial charge in [-0.05, 0) is 56.3 Å². The van der Waals surface area contributed by atoms with Crippen molar-refractivity contribution in [3.05, 3.63) is 75.2 Å². The molecule has 1 N–H and O–H groups in total. The van der Waals surface area contributed by atoms with E-state index in [9.17, 15) is 14.7 Å². The highest BCUT2D eigenvalue weighted by molar-refractivity contribution is 6.30. The van der Waals surface area contributed by atoms with E-state index in [2.05, 4.69) is 14.7 Å². The number of piperidine rings is 1. The van der Waals surface area contributed by atoms with Crippen LogP contribution < -0.4 is 5.56 Å². The molecule has 8 heteroatoms. The van der Waals surface area contributed by atoms with Crippen LogP contribution in [0.1, 0.15) is 35.3 Å². The zero-order valence-corrected chi connectivity index (χ0v) is 21.3. The Morgan fingerprint density at radius 1 is 0.778 bits per heavy atom. The number of halogens is 1. The van der Waals surface area contributed by atoms with Crippen molar-refractivity contribution in [1.29, 1.82) is 0 Å². The Hall–Kier alpha value is -2.71. The summed E-state index contributed by atoms with van der Waals surface area (Å²) in [6.45, 7) is 8.55. The maximum atomic E-state index is 13.6. The van der Waals surface area contributed by atoms with E-state index in [0.29, 0.717) is 33.7 Å². The summed E-state index contributed by atoms with van der Waals surface area (Å²) >= 11 is 6.10. The van der Waals surface area contributed by atoms with E-state index in [1.165, 1.54) is 32.4 Å². The van der Waals surface area contributed by atoms with Gasteiger partial charge in [0.1, 0.15) is 0 Å². The number of carbonyl (C=O) groups is 1. The highest BCUT2D eigenvalue weighted by Gasteiger charge is 2.26. The molecule has 7 nitrogen and oxygen atoms in total. The molecule has 0 aliphatic carbocycles. The maximum Gasteiger partial charge on any atom is 0.338 e. The van der Waals surface area contributed by atoms with Gasteiger partial charge in [-0.1, -0.05) is 36.2 Å². The number of hydrogen-bond donors (Lipinski definition) is 1. The summed E-state index contributed by atoms with van der Waals surface area (Å²) in [5.74, 6) is -1.02. The lowest BCUT2D eigenvalue weighted by Gasteiger charge is -2.37. The van der Waals surface area contributed by atoms with Gasteiger partial charge >= 0.3 is 5.97 Å². The molecule has 1 aromatic heterocycles. The van der Waals surface area contributed by atoms with Gasteiger partial charge in [-0.25, -0.2) is 4.79 Å². The van der Waals surface area contributed by atoms with Crippen LogP contribution in [-0.4, -0.2) is 82.7 Å². The zero-order chi connectivity index (χ0) is 25.1. The number of carboxylic acids is 1. The molecule has 2 aliphatic rings. The van der Waals surface area contributed by atoms with Crippen molar-refractivity contribution in [2.24, 2.45) is 0 Å². The lowest BCUT2D eigenvalue weighted by atomic mass is 10.0. The number of aromatic carboxylic acids is 1. The summed E-state index contributed by atoms with van der Waals surface area (Å²) in [5, 5.41) is 11.7. The summed E-state index contributed by atoms with van der Waals surface area (Å²) in [7, 11) is 0. The maximum absolute atomic E-state index is 13.6. The minimum Gasteiger partial charge on any atom is -0.478 e. The van der Waals surface area contributed by atoms with Crippen molar-refractivity contribution in [1.82, 2.24) is 19.3 Å². The molecule has 2 aromatic carbocycles. The first-order chi connectivity index (χ1) is 17.5. The van der Waals surface area contributed by atoms with E-state index in [4.69, 9.17) is 11.6 Å². The third-order valence-electron chi connectivity index (χ3n) is 7.51. The molecule has 2 aliphatic heterocycles. The van der Waals surface area contributed by atoms with Crippen LogP contribution >= 0.6 is 11.6 Å². The quantitative estimate of drug-likeness (QED) is 0.521. The van der Waals surface area contributed by atoms with Crippen LogP contribution in [0.25, 0.3) is 16.5 Å². The van der Waals surface area contributed by atoms with Gasteiger partial charge in [0.2, 0.25) is 0 Å². The minimum absolute atomic E-state index is 0.188. The standard InChI is InChI=1S/C28H33ClN4O3/c29-21-8-10-22(11-9-21)33-25(26(28(35)36)23-6-2-3-7-24(23)27(33)34)20-32-18-16-31(17-19-32)15-14-30-12-4-1-5-13-30/h2-3,6-11H,1,4-5,12-20H2,(H,35,36). The molecule has 0 saturated carbocycles. The molecule has 0 bridgehead atoms. The number of hydrogen-bond acceptors (Lipinski definition) is 5. The highest BCUT2D eigenvalue weighted by Crippen LogP contribution is 2.25. The predicted octanol–water partition coefficient (Wildman–Crippen LogP) is 3.95. The van der Waals surface area contributed by atoms with Crippen LogP contribution in [0.4, 0.5) is 0 Å².